The predicted octanol–water partition coefficient (Wildman–Crippen LogP) is -4.45. The fourth-order valence-electron chi connectivity index (χ4n) is 2.11. The number of aliphatic carboxylic acids is 8. The molecule has 0 radical (unpaired) electrons. The van der Waals surface area contributed by atoms with Crippen molar-refractivity contribution in [2.75, 3.05) is 13.1 Å². The van der Waals surface area contributed by atoms with E-state index in [1.807, 2.05) is 0 Å². The van der Waals surface area contributed by atoms with E-state index < -0.39 is 84.0 Å². The third kappa shape index (κ3) is 58.9. The van der Waals surface area contributed by atoms with Gasteiger partial charge in [0, 0.05) is 19.4 Å². The van der Waals surface area contributed by atoms with Crippen LogP contribution in [0.1, 0.15) is 71.6 Å². The van der Waals surface area contributed by atoms with Gasteiger partial charge in [-0.1, -0.05) is 6.42 Å². The zero-order valence-corrected chi connectivity index (χ0v) is 30.2. The molecule has 0 unspecified atom stereocenters. The van der Waals surface area contributed by atoms with Gasteiger partial charge in [0.1, 0.15) is 36.3 Å². The Balaban J connectivity index is -0.000000130. The summed E-state index contributed by atoms with van der Waals surface area (Å²) >= 11 is 0. The maximum Gasteiger partial charge on any atom is 0.320 e. The van der Waals surface area contributed by atoms with Gasteiger partial charge in [-0.2, -0.15) is 0 Å². The van der Waals surface area contributed by atoms with Crippen LogP contribution in [0.5, 0.6) is 0 Å². The summed E-state index contributed by atoms with van der Waals surface area (Å²) in [5, 5.41) is 74.3. The van der Waals surface area contributed by atoms with Crippen LogP contribution < -0.4 is 51.2 Å². The molecule has 0 aliphatic heterocycles. The molecule has 26 nitrogen and oxygen atoms in total. The van der Waals surface area contributed by atoms with E-state index in [0.717, 1.165) is 12.8 Å². The third-order valence-electron chi connectivity index (χ3n) is 5.36. The average Bonchev–Trinajstić information content (AvgIpc) is 3.05. The van der Waals surface area contributed by atoms with Crippen LogP contribution in [0.15, 0.2) is 0 Å². The monoisotopic (exact) mass is 792 g/mol. The molecule has 0 saturated heterocycles. The Kier molecular flexibility index (Phi) is 43.9. The van der Waals surface area contributed by atoms with Gasteiger partial charge in [0.05, 0.1) is 0 Å². The van der Waals surface area contributed by atoms with Crippen LogP contribution in [0.4, 0.5) is 0 Å². The maximum atomic E-state index is 10.2. The van der Waals surface area contributed by atoms with Crippen LogP contribution in [0.3, 0.4) is 0 Å². The minimum Gasteiger partial charge on any atom is -0.481 e. The van der Waals surface area contributed by atoms with Gasteiger partial charge in [0.15, 0.2) is 5.96 Å². The molecule has 0 aliphatic rings. The fourth-order valence-corrected chi connectivity index (χ4v) is 2.11. The number of nitrogens with two attached hydrogens (primary N) is 8. The highest BCUT2D eigenvalue weighted by atomic mass is 16.4. The van der Waals surface area contributed by atoms with Crippen LogP contribution in [-0.2, 0) is 38.4 Å². The molecular weight excluding hydrogens is 732 g/mol. The third-order valence-corrected chi connectivity index (χ3v) is 5.36. The Morgan fingerprint density at radius 1 is 0.500 bits per heavy atom. The number of guanidine groups is 1. The summed E-state index contributed by atoms with van der Waals surface area (Å²) in [6.07, 6.45) is 2.69. The van der Waals surface area contributed by atoms with Crippen molar-refractivity contribution in [1.29, 1.82) is 5.41 Å². The summed E-state index contributed by atoms with van der Waals surface area (Å²) < 4.78 is 0. The molecule has 0 saturated carbocycles. The number of carboxylic acids is 8. The summed E-state index contributed by atoms with van der Waals surface area (Å²) in [7, 11) is 0. The lowest BCUT2D eigenvalue weighted by atomic mass is 10.1. The lowest BCUT2D eigenvalue weighted by Crippen LogP contribution is -2.34. The number of rotatable bonds is 20. The van der Waals surface area contributed by atoms with Crippen LogP contribution >= 0.6 is 0 Å². The Morgan fingerprint density at radius 2 is 0.759 bits per heavy atom. The molecule has 0 bridgehead atoms. The number of hydrogen-bond donors (Lipinski definition) is 18. The van der Waals surface area contributed by atoms with E-state index in [2.05, 4.69) is 5.32 Å². The van der Waals surface area contributed by atoms with Gasteiger partial charge in [-0.05, 0) is 58.9 Å². The van der Waals surface area contributed by atoms with E-state index in [1.165, 1.54) is 13.8 Å². The molecule has 26 heteroatoms. The van der Waals surface area contributed by atoms with E-state index in [0.29, 0.717) is 32.4 Å². The van der Waals surface area contributed by atoms with Gasteiger partial charge in [-0.25, -0.2) is 0 Å². The first-order chi connectivity index (χ1) is 24.6. The van der Waals surface area contributed by atoms with Crippen molar-refractivity contribution in [3.05, 3.63) is 0 Å². The van der Waals surface area contributed by atoms with Gasteiger partial charge < -0.3 is 92.0 Å². The summed E-state index contributed by atoms with van der Waals surface area (Å²) in [4.78, 5) is 79.2. The molecule has 0 heterocycles. The number of unbranched alkanes of at least 4 members (excludes halogenated alkanes) is 1. The van der Waals surface area contributed by atoms with Crippen molar-refractivity contribution in [3.63, 3.8) is 0 Å². The fraction of sp³-hybridized carbons (Fsp3) is 0.679. The van der Waals surface area contributed by atoms with E-state index >= 15 is 0 Å². The second kappa shape index (κ2) is 39.0. The standard InChI is InChI=1S/C6H14N4O2.C6H14N2O2.2C5H9NO4.2C3H7NO2/c7-4(5(11)12)2-1-3-10-6(8)9;7-4-2-1-3-5(8)6(9)10;2*6-3(5(9)10)1-2-4(7)8;2*1-2(4)3(5)6/h4H,1-3,7H2,(H,11,12)(H4,8,9,10);5H,1-4,7-8H2,(H,9,10);2*3H,1-2,6H2,(H,7,8)(H,9,10);2*2H,4H2,1H3,(H,5,6)/t4-;5-;2*3-;2*2-/m000000/s1. The van der Waals surface area contributed by atoms with Crippen molar-refractivity contribution in [2.24, 2.45) is 45.9 Å². The van der Waals surface area contributed by atoms with Crippen molar-refractivity contribution in [3.8, 4) is 0 Å². The molecule has 0 aromatic carbocycles. The molecule has 26 N–H and O–H groups in total. The van der Waals surface area contributed by atoms with Gasteiger partial charge in [0.25, 0.3) is 0 Å². The molecule has 6 atom stereocenters. The highest BCUT2D eigenvalue weighted by Gasteiger charge is 2.13. The SMILES string of the molecule is C[C@H](N)C(=O)O.C[C@H](N)C(=O)O.N=C(N)NCCC[C@H](N)C(=O)O.NCCCC[C@H](N)C(=O)O.N[C@@H](CCC(=O)O)C(=O)O.N[C@@H](CCC(=O)O)C(=O)O. The van der Waals surface area contributed by atoms with Crippen molar-refractivity contribution >= 4 is 53.7 Å². The zero-order valence-electron chi connectivity index (χ0n) is 30.2. The second-order valence-electron chi connectivity index (χ2n) is 10.7. The lowest BCUT2D eigenvalue weighted by molar-refractivity contribution is -0.141. The maximum absolute atomic E-state index is 10.2. The summed E-state index contributed by atoms with van der Waals surface area (Å²) in [5.74, 6) is -8.37. The normalized spacial score (nSPS) is 12.8. The zero-order chi connectivity index (χ0) is 44.1. The Bertz CT molecular complexity index is 1060. The van der Waals surface area contributed by atoms with Gasteiger partial charge >= 0.3 is 47.8 Å². The summed E-state index contributed by atoms with van der Waals surface area (Å²) in [6.45, 7) is 3.92. The minimum absolute atomic E-state index is 0.0231. The van der Waals surface area contributed by atoms with E-state index in [9.17, 15) is 38.4 Å². The largest absolute Gasteiger partial charge is 0.481 e. The molecule has 0 aromatic rings. The molecule has 0 amide bonds. The molecule has 0 spiro atoms. The first-order valence-electron chi connectivity index (χ1n) is 15.7. The van der Waals surface area contributed by atoms with Crippen LogP contribution in [0.2, 0.25) is 0 Å². The number of carbonyl (C=O) groups is 8. The summed E-state index contributed by atoms with van der Waals surface area (Å²) in [6, 6.07) is -5.12. The molecular formula is C28H60N10O16. The quantitative estimate of drug-likeness (QED) is 0.0314. The molecule has 0 fully saturated rings. The van der Waals surface area contributed by atoms with Crippen molar-refractivity contribution in [2.45, 2.75) is 108 Å². The Morgan fingerprint density at radius 3 is 0.963 bits per heavy atom. The van der Waals surface area contributed by atoms with E-state index in [-0.39, 0.29) is 31.6 Å². The van der Waals surface area contributed by atoms with Gasteiger partial charge in [-0.15, -0.1) is 0 Å². The van der Waals surface area contributed by atoms with Gasteiger partial charge in [-0.3, -0.25) is 43.8 Å². The smallest absolute Gasteiger partial charge is 0.320 e. The van der Waals surface area contributed by atoms with E-state index in [4.69, 9.17) is 92.1 Å². The van der Waals surface area contributed by atoms with Crippen molar-refractivity contribution < 1.29 is 79.2 Å². The molecule has 0 aliphatic carbocycles. The number of nitrogens with one attached hydrogen (secondary N) is 2. The Labute approximate surface area is 310 Å². The van der Waals surface area contributed by atoms with Gasteiger partial charge in [0.2, 0.25) is 0 Å². The number of carboxylic acid groups (broad SMARTS) is 8. The second-order valence-corrected chi connectivity index (χ2v) is 10.7. The summed E-state index contributed by atoms with van der Waals surface area (Å²) in [5.41, 5.74) is 40.3. The first-order valence-corrected chi connectivity index (χ1v) is 15.7. The molecule has 0 aromatic heterocycles. The number of hydrogen-bond acceptors (Lipinski definition) is 16. The van der Waals surface area contributed by atoms with Crippen LogP contribution in [0.25, 0.3) is 0 Å². The predicted molar refractivity (Wildman–Crippen MR) is 191 cm³/mol. The highest BCUT2D eigenvalue weighted by Crippen LogP contribution is 1.97. The average molecular weight is 793 g/mol. The van der Waals surface area contributed by atoms with Crippen molar-refractivity contribution in [1.82, 2.24) is 5.32 Å². The Hall–Kier alpha value is -5.25. The molecule has 54 heavy (non-hydrogen) atoms. The first kappa shape index (κ1) is 60.8. The highest BCUT2D eigenvalue weighted by molar-refractivity contribution is 5.76. The molecule has 0 rings (SSSR count). The molecule has 318 valence electrons. The minimum atomic E-state index is -1.17. The topological polar surface area (TPSA) is 542 Å². The van der Waals surface area contributed by atoms with E-state index in [1.54, 1.807) is 0 Å². The lowest BCUT2D eigenvalue weighted by Gasteiger charge is -2.06. The van der Waals surface area contributed by atoms with Crippen LogP contribution in [-0.4, -0.2) is 144 Å². The van der Waals surface area contributed by atoms with Crippen LogP contribution in [0, 0.1) is 5.41 Å².